The van der Waals surface area contributed by atoms with Crippen molar-refractivity contribution in [1.82, 2.24) is 5.32 Å². The van der Waals surface area contributed by atoms with E-state index in [1.165, 1.54) is 39.5 Å². The Balaban J connectivity index is 3.16. The number of methoxy groups -OCH3 is 2. The normalized spacial score (nSPS) is 10.7. The second-order valence-electron chi connectivity index (χ2n) is 3.53. The van der Waals surface area contributed by atoms with Gasteiger partial charge in [0.15, 0.2) is 0 Å². The first kappa shape index (κ1) is 15.8. The number of hydrogen-bond donors (Lipinski definition) is 1. The van der Waals surface area contributed by atoms with Crippen LogP contribution in [0.2, 0.25) is 5.02 Å². The van der Waals surface area contributed by atoms with E-state index in [0.717, 1.165) is 6.26 Å². The standard InChI is InChI=1S/C13H14ClNO5/c1-15-12(16)9-6-8(14)4-5-10(9)20-11(7-18-2)13(17)19-3/h4-7H,1-3H3,(H,15,16)/b11-7+. The SMILES string of the molecule is CNC(=O)c1cc(Cl)ccc1O/C(=C/OC)C(=O)OC. The van der Waals surface area contributed by atoms with E-state index in [-0.39, 0.29) is 17.1 Å². The monoisotopic (exact) mass is 299 g/mol. The fraction of sp³-hybridized carbons (Fsp3) is 0.231. The predicted molar refractivity (Wildman–Crippen MR) is 72.6 cm³/mol. The molecule has 0 heterocycles. The van der Waals surface area contributed by atoms with Gasteiger partial charge in [-0.25, -0.2) is 4.79 Å². The van der Waals surface area contributed by atoms with Gasteiger partial charge in [-0.15, -0.1) is 0 Å². The number of halogens is 1. The molecule has 0 saturated heterocycles. The Morgan fingerprint density at radius 2 is 2.00 bits per heavy atom. The van der Waals surface area contributed by atoms with Crippen LogP contribution in [0.25, 0.3) is 0 Å². The Morgan fingerprint density at radius 3 is 2.55 bits per heavy atom. The zero-order chi connectivity index (χ0) is 15.1. The summed E-state index contributed by atoms with van der Waals surface area (Å²) in [6.45, 7) is 0. The highest BCUT2D eigenvalue weighted by Crippen LogP contribution is 2.25. The molecular weight excluding hydrogens is 286 g/mol. The smallest absolute Gasteiger partial charge is 0.377 e. The molecule has 108 valence electrons. The van der Waals surface area contributed by atoms with Crippen LogP contribution in [0.4, 0.5) is 0 Å². The third-order valence-electron chi connectivity index (χ3n) is 2.24. The minimum atomic E-state index is -0.732. The molecule has 0 aliphatic heterocycles. The number of rotatable bonds is 5. The number of esters is 1. The molecule has 0 fully saturated rings. The second-order valence-corrected chi connectivity index (χ2v) is 3.97. The topological polar surface area (TPSA) is 73.9 Å². The predicted octanol–water partition coefficient (Wildman–Crippen LogP) is 1.74. The van der Waals surface area contributed by atoms with Gasteiger partial charge in [-0.05, 0) is 18.2 Å². The van der Waals surface area contributed by atoms with E-state index in [4.69, 9.17) is 21.1 Å². The van der Waals surface area contributed by atoms with Gasteiger partial charge in [0.05, 0.1) is 19.8 Å². The number of carbonyl (C=O) groups excluding carboxylic acids is 2. The van der Waals surface area contributed by atoms with E-state index in [1.54, 1.807) is 0 Å². The third kappa shape index (κ3) is 3.89. The quantitative estimate of drug-likeness (QED) is 0.509. The highest BCUT2D eigenvalue weighted by molar-refractivity contribution is 6.31. The maximum absolute atomic E-state index is 11.7. The van der Waals surface area contributed by atoms with Gasteiger partial charge in [-0.2, -0.15) is 0 Å². The molecule has 0 unspecified atom stereocenters. The average molecular weight is 300 g/mol. The van der Waals surface area contributed by atoms with Crippen LogP contribution >= 0.6 is 11.6 Å². The Bertz CT molecular complexity index is 542. The first-order valence-corrected chi connectivity index (χ1v) is 5.92. The molecule has 1 rings (SSSR count). The Morgan fingerprint density at radius 1 is 1.30 bits per heavy atom. The summed E-state index contributed by atoms with van der Waals surface area (Å²) in [5.41, 5.74) is 0.186. The van der Waals surface area contributed by atoms with Crippen molar-refractivity contribution in [2.24, 2.45) is 0 Å². The molecule has 0 aromatic heterocycles. The number of nitrogens with one attached hydrogen (secondary N) is 1. The minimum Gasteiger partial charge on any atom is -0.500 e. The van der Waals surface area contributed by atoms with Gasteiger partial charge >= 0.3 is 5.97 Å². The summed E-state index contributed by atoms with van der Waals surface area (Å²) < 4.78 is 14.6. The van der Waals surface area contributed by atoms with Gasteiger partial charge < -0.3 is 19.5 Å². The van der Waals surface area contributed by atoms with Crippen LogP contribution in [0.1, 0.15) is 10.4 Å². The number of carbonyl (C=O) groups is 2. The number of benzene rings is 1. The first-order valence-electron chi connectivity index (χ1n) is 5.54. The third-order valence-corrected chi connectivity index (χ3v) is 2.48. The van der Waals surface area contributed by atoms with Crippen molar-refractivity contribution >= 4 is 23.5 Å². The van der Waals surface area contributed by atoms with Crippen LogP contribution in [-0.2, 0) is 14.3 Å². The maximum Gasteiger partial charge on any atom is 0.377 e. The number of amides is 1. The summed E-state index contributed by atoms with van der Waals surface area (Å²) in [5.74, 6) is -1.17. The summed E-state index contributed by atoms with van der Waals surface area (Å²) >= 11 is 5.84. The summed E-state index contributed by atoms with van der Waals surface area (Å²) in [5, 5.41) is 2.82. The molecule has 0 aliphatic rings. The van der Waals surface area contributed by atoms with Crippen LogP contribution in [0.3, 0.4) is 0 Å². The molecule has 0 bridgehead atoms. The molecule has 1 N–H and O–H groups in total. The number of ether oxygens (including phenoxy) is 3. The zero-order valence-electron chi connectivity index (χ0n) is 11.2. The summed E-state index contributed by atoms with van der Waals surface area (Å²) in [6.07, 6.45) is 1.08. The van der Waals surface area contributed by atoms with E-state index in [2.05, 4.69) is 10.1 Å². The molecule has 0 atom stereocenters. The fourth-order valence-electron chi connectivity index (χ4n) is 1.34. The van der Waals surface area contributed by atoms with Gasteiger partial charge in [0.1, 0.15) is 12.0 Å². The van der Waals surface area contributed by atoms with Crippen LogP contribution in [-0.4, -0.2) is 33.1 Å². The lowest BCUT2D eigenvalue weighted by Crippen LogP contribution is -2.20. The first-order chi connectivity index (χ1) is 9.53. The highest BCUT2D eigenvalue weighted by atomic mass is 35.5. The molecule has 1 aromatic carbocycles. The minimum absolute atomic E-state index is 0.155. The van der Waals surface area contributed by atoms with Gasteiger partial charge in [0, 0.05) is 12.1 Å². The second kappa shape index (κ2) is 7.40. The van der Waals surface area contributed by atoms with Crippen molar-refractivity contribution in [3.8, 4) is 5.75 Å². The molecular formula is C13H14ClNO5. The summed E-state index contributed by atoms with van der Waals surface area (Å²) in [6, 6.07) is 4.43. The summed E-state index contributed by atoms with van der Waals surface area (Å²) in [4.78, 5) is 23.3. The molecule has 20 heavy (non-hydrogen) atoms. The number of hydrogen-bond acceptors (Lipinski definition) is 5. The van der Waals surface area contributed by atoms with Crippen molar-refractivity contribution < 1.29 is 23.8 Å². The molecule has 0 radical (unpaired) electrons. The van der Waals surface area contributed by atoms with Gasteiger partial charge in [0.25, 0.3) is 5.91 Å². The van der Waals surface area contributed by atoms with Crippen molar-refractivity contribution in [3.05, 3.63) is 40.8 Å². The molecule has 7 heteroatoms. The largest absolute Gasteiger partial charge is 0.500 e. The average Bonchev–Trinajstić information content (AvgIpc) is 2.46. The van der Waals surface area contributed by atoms with E-state index < -0.39 is 11.9 Å². The van der Waals surface area contributed by atoms with Crippen molar-refractivity contribution in [2.75, 3.05) is 21.3 Å². The van der Waals surface area contributed by atoms with E-state index in [9.17, 15) is 9.59 Å². The molecule has 0 saturated carbocycles. The van der Waals surface area contributed by atoms with Gasteiger partial charge in [-0.3, -0.25) is 4.79 Å². The molecule has 1 amide bonds. The van der Waals surface area contributed by atoms with E-state index in [0.29, 0.717) is 5.02 Å². The van der Waals surface area contributed by atoms with Crippen molar-refractivity contribution in [1.29, 1.82) is 0 Å². The zero-order valence-corrected chi connectivity index (χ0v) is 12.0. The molecule has 0 aliphatic carbocycles. The van der Waals surface area contributed by atoms with Crippen LogP contribution < -0.4 is 10.1 Å². The highest BCUT2D eigenvalue weighted by Gasteiger charge is 2.18. The molecule has 1 aromatic rings. The maximum atomic E-state index is 11.7. The Kier molecular flexibility index (Phi) is 5.86. The summed E-state index contributed by atoms with van der Waals surface area (Å²) in [7, 11) is 4.03. The van der Waals surface area contributed by atoms with Crippen LogP contribution in [0.15, 0.2) is 30.2 Å². The Hall–Kier alpha value is -2.21. The van der Waals surface area contributed by atoms with Crippen LogP contribution in [0, 0.1) is 0 Å². The van der Waals surface area contributed by atoms with E-state index >= 15 is 0 Å². The van der Waals surface area contributed by atoms with Gasteiger partial charge in [0.2, 0.25) is 5.76 Å². The van der Waals surface area contributed by atoms with Crippen molar-refractivity contribution in [2.45, 2.75) is 0 Å². The lowest BCUT2D eigenvalue weighted by molar-refractivity contribution is -0.138. The van der Waals surface area contributed by atoms with Crippen LogP contribution in [0.5, 0.6) is 5.75 Å². The fourth-order valence-corrected chi connectivity index (χ4v) is 1.52. The van der Waals surface area contributed by atoms with Gasteiger partial charge in [-0.1, -0.05) is 11.6 Å². The lowest BCUT2D eigenvalue weighted by atomic mass is 10.2. The molecule has 0 spiro atoms. The van der Waals surface area contributed by atoms with E-state index in [1.807, 2.05) is 0 Å². The van der Waals surface area contributed by atoms with Crippen molar-refractivity contribution in [3.63, 3.8) is 0 Å². The Labute approximate surface area is 121 Å². The molecule has 6 nitrogen and oxygen atoms in total. The lowest BCUT2D eigenvalue weighted by Gasteiger charge is -2.11.